The molecule has 13 heavy (non-hydrogen) atoms. The molecular formula is C8H16N2O3. The lowest BCUT2D eigenvalue weighted by Crippen LogP contribution is -2.35. The van der Waals surface area contributed by atoms with E-state index in [1.807, 2.05) is 0 Å². The molecule has 3 N–H and O–H groups in total. The van der Waals surface area contributed by atoms with Gasteiger partial charge in [-0.25, -0.2) is 0 Å². The van der Waals surface area contributed by atoms with Gasteiger partial charge in [-0.1, -0.05) is 0 Å². The Morgan fingerprint density at radius 2 is 2.46 bits per heavy atom. The van der Waals surface area contributed by atoms with Crippen LogP contribution in [0.15, 0.2) is 0 Å². The van der Waals surface area contributed by atoms with Crippen molar-refractivity contribution in [3.8, 4) is 0 Å². The number of hydrogen-bond donors (Lipinski definition) is 2. The average molecular weight is 188 g/mol. The monoisotopic (exact) mass is 188 g/mol. The molecule has 1 amide bonds. The van der Waals surface area contributed by atoms with Gasteiger partial charge in [-0.15, -0.1) is 0 Å². The number of rotatable bonds is 5. The Hall–Kier alpha value is -0.650. The minimum absolute atomic E-state index is 0.210. The highest BCUT2D eigenvalue weighted by molar-refractivity contribution is 5.73. The molecule has 0 aromatic heterocycles. The zero-order chi connectivity index (χ0) is 9.52. The molecular weight excluding hydrogens is 172 g/mol. The molecule has 0 aromatic carbocycles. The van der Waals surface area contributed by atoms with Crippen molar-refractivity contribution >= 4 is 5.91 Å². The molecule has 1 aliphatic rings. The molecule has 1 rings (SSSR count). The topological polar surface area (TPSA) is 73.6 Å². The number of nitrogens with one attached hydrogen (secondary N) is 1. The first-order valence-electron chi connectivity index (χ1n) is 4.47. The fourth-order valence-electron chi connectivity index (χ4n) is 1.14. The Morgan fingerprint density at radius 3 is 3.08 bits per heavy atom. The van der Waals surface area contributed by atoms with Gasteiger partial charge in [0, 0.05) is 19.5 Å². The van der Waals surface area contributed by atoms with E-state index < -0.39 is 0 Å². The smallest absolute Gasteiger partial charge is 0.218 e. The van der Waals surface area contributed by atoms with Crippen LogP contribution in [-0.2, 0) is 14.3 Å². The van der Waals surface area contributed by atoms with Crippen molar-refractivity contribution in [2.75, 3.05) is 26.5 Å². The average Bonchev–Trinajstić information content (AvgIpc) is 2.14. The zero-order valence-corrected chi connectivity index (χ0v) is 7.62. The maximum Gasteiger partial charge on any atom is 0.218 e. The van der Waals surface area contributed by atoms with Crippen molar-refractivity contribution in [1.82, 2.24) is 5.32 Å². The first-order valence-corrected chi connectivity index (χ1v) is 4.47. The number of amides is 1. The summed E-state index contributed by atoms with van der Waals surface area (Å²) < 4.78 is 10.3. The fraction of sp³-hybridized carbons (Fsp3) is 0.875. The van der Waals surface area contributed by atoms with Crippen molar-refractivity contribution in [2.45, 2.75) is 18.9 Å². The van der Waals surface area contributed by atoms with Crippen LogP contribution >= 0.6 is 0 Å². The van der Waals surface area contributed by atoms with Gasteiger partial charge in [-0.05, 0) is 6.42 Å². The van der Waals surface area contributed by atoms with Gasteiger partial charge >= 0.3 is 0 Å². The summed E-state index contributed by atoms with van der Waals surface area (Å²) in [4.78, 5) is 10.4. The normalized spacial score (nSPS) is 22.9. The predicted octanol–water partition coefficient (Wildman–Crippen LogP) is -0.786. The van der Waals surface area contributed by atoms with Gasteiger partial charge in [-0.2, -0.15) is 0 Å². The molecule has 1 atom stereocenters. The lowest BCUT2D eigenvalue weighted by atomic mass is 10.2. The summed E-state index contributed by atoms with van der Waals surface area (Å²) in [6.07, 6.45) is 1.49. The van der Waals surface area contributed by atoms with E-state index >= 15 is 0 Å². The minimum Gasteiger partial charge on any atom is -0.370 e. The van der Waals surface area contributed by atoms with Gasteiger partial charge in [0.25, 0.3) is 0 Å². The van der Waals surface area contributed by atoms with Crippen LogP contribution < -0.4 is 11.1 Å². The molecule has 0 bridgehead atoms. The zero-order valence-electron chi connectivity index (χ0n) is 7.62. The molecule has 1 aliphatic heterocycles. The third kappa shape index (κ3) is 4.82. The summed E-state index contributed by atoms with van der Waals surface area (Å²) in [7, 11) is 0. The Labute approximate surface area is 77.6 Å². The Morgan fingerprint density at radius 1 is 1.62 bits per heavy atom. The molecule has 0 saturated carbocycles. The van der Waals surface area contributed by atoms with Crippen molar-refractivity contribution < 1.29 is 14.3 Å². The highest BCUT2D eigenvalue weighted by Gasteiger charge is 2.12. The van der Waals surface area contributed by atoms with Gasteiger partial charge in [0.05, 0.1) is 12.7 Å². The van der Waals surface area contributed by atoms with Crippen LogP contribution in [0.5, 0.6) is 0 Å². The minimum atomic E-state index is -0.277. The first kappa shape index (κ1) is 10.4. The highest BCUT2D eigenvalue weighted by atomic mass is 16.7. The Kier molecular flexibility index (Phi) is 4.74. The van der Waals surface area contributed by atoms with Crippen LogP contribution in [0.1, 0.15) is 12.8 Å². The van der Waals surface area contributed by atoms with E-state index in [0.29, 0.717) is 19.8 Å². The Bertz CT molecular complexity index is 157. The maximum atomic E-state index is 10.4. The van der Waals surface area contributed by atoms with Crippen LogP contribution in [0, 0.1) is 0 Å². The van der Waals surface area contributed by atoms with E-state index in [1.165, 1.54) is 0 Å². The van der Waals surface area contributed by atoms with Crippen molar-refractivity contribution in [3.05, 3.63) is 0 Å². The van der Waals surface area contributed by atoms with Crippen molar-refractivity contribution in [1.29, 1.82) is 0 Å². The summed E-state index contributed by atoms with van der Waals surface area (Å²) in [5, 5.41) is 3.11. The third-order valence-electron chi connectivity index (χ3n) is 1.89. The Balaban J connectivity index is 1.95. The highest BCUT2D eigenvalue weighted by Crippen LogP contribution is 2.04. The van der Waals surface area contributed by atoms with E-state index in [1.54, 1.807) is 0 Å². The summed E-state index contributed by atoms with van der Waals surface area (Å²) in [6.45, 7) is 2.51. The van der Waals surface area contributed by atoms with Crippen LogP contribution in [0.4, 0.5) is 0 Å². The second-order valence-corrected chi connectivity index (χ2v) is 3.02. The van der Waals surface area contributed by atoms with Gasteiger partial charge in [0.1, 0.15) is 6.79 Å². The van der Waals surface area contributed by atoms with Crippen LogP contribution in [-0.4, -0.2) is 38.5 Å². The number of hydrogen-bond acceptors (Lipinski definition) is 4. The molecule has 1 fully saturated rings. The SMILES string of the molecule is NC(=O)CCNCC1CCOCO1. The molecule has 76 valence electrons. The summed E-state index contributed by atoms with van der Waals surface area (Å²) in [5.74, 6) is -0.277. The van der Waals surface area contributed by atoms with Gasteiger partial charge in [0.15, 0.2) is 0 Å². The largest absolute Gasteiger partial charge is 0.370 e. The van der Waals surface area contributed by atoms with Crippen molar-refractivity contribution in [2.24, 2.45) is 5.73 Å². The summed E-state index contributed by atoms with van der Waals surface area (Å²) in [6, 6.07) is 0. The lowest BCUT2D eigenvalue weighted by molar-refractivity contribution is -0.137. The summed E-state index contributed by atoms with van der Waals surface area (Å²) >= 11 is 0. The number of ether oxygens (including phenoxy) is 2. The van der Waals surface area contributed by atoms with Crippen molar-refractivity contribution in [3.63, 3.8) is 0 Å². The molecule has 1 heterocycles. The van der Waals surface area contributed by atoms with Crippen LogP contribution in [0.3, 0.4) is 0 Å². The van der Waals surface area contributed by atoms with Crippen LogP contribution in [0.2, 0.25) is 0 Å². The first-order chi connectivity index (χ1) is 6.29. The van der Waals surface area contributed by atoms with Gasteiger partial charge in [-0.3, -0.25) is 4.79 Å². The van der Waals surface area contributed by atoms with Gasteiger partial charge < -0.3 is 20.5 Å². The van der Waals surface area contributed by atoms with E-state index in [4.69, 9.17) is 15.2 Å². The molecule has 5 heteroatoms. The maximum absolute atomic E-state index is 10.4. The molecule has 5 nitrogen and oxygen atoms in total. The van der Waals surface area contributed by atoms with E-state index in [2.05, 4.69) is 5.32 Å². The standard InChI is InChI=1S/C8H16N2O3/c9-8(11)1-3-10-5-7-2-4-12-6-13-7/h7,10H,1-6H2,(H2,9,11). The molecule has 0 radical (unpaired) electrons. The van der Waals surface area contributed by atoms with Gasteiger partial charge in [0.2, 0.25) is 5.91 Å². The molecule has 1 unspecified atom stereocenters. The fourth-order valence-corrected chi connectivity index (χ4v) is 1.14. The third-order valence-corrected chi connectivity index (χ3v) is 1.89. The number of nitrogens with two attached hydrogens (primary N) is 1. The molecule has 0 aromatic rings. The molecule has 1 saturated heterocycles. The lowest BCUT2D eigenvalue weighted by Gasteiger charge is -2.22. The number of carbonyl (C=O) groups excluding carboxylic acids is 1. The molecule has 0 aliphatic carbocycles. The molecule has 0 spiro atoms. The van der Waals surface area contributed by atoms with E-state index in [9.17, 15) is 4.79 Å². The quantitative estimate of drug-likeness (QED) is 0.555. The van der Waals surface area contributed by atoms with E-state index in [0.717, 1.165) is 19.6 Å². The van der Waals surface area contributed by atoms with Crippen LogP contribution in [0.25, 0.3) is 0 Å². The number of carbonyl (C=O) groups is 1. The second-order valence-electron chi connectivity index (χ2n) is 3.02. The number of primary amides is 1. The summed E-state index contributed by atoms with van der Waals surface area (Å²) in [5.41, 5.74) is 4.98. The second kappa shape index (κ2) is 5.90. The predicted molar refractivity (Wildman–Crippen MR) is 47.0 cm³/mol. The van der Waals surface area contributed by atoms with E-state index in [-0.39, 0.29) is 12.0 Å².